The molecule has 0 unspecified atom stereocenters. The third-order valence-electron chi connectivity index (χ3n) is 11.9. The lowest BCUT2D eigenvalue weighted by molar-refractivity contribution is -0.143. The number of hydrogen-bond donors (Lipinski definition) is 14. The maximum absolute atomic E-state index is 14.0. The second-order valence-corrected chi connectivity index (χ2v) is 18.0. The summed E-state index contributed by atoms with van der Waals surface area (Å²) in [5, 5.41) is 48.9. The molecule has 16 N–H and O–H groups in total. The third-order valence-corrected chi connectivity index (χ3v) is 11.9. The van der Waals surface area contributed by atoms with Crippen molar-refractivity contribution in [2.24, 2.45) is 17.4 Å². The number of benzene rings is 2. The van der Waals surface area contributed by atoms with Crippen LogP contribution >= 0.6 is 0 Å². The van der Waals surface area contributed by atoms with Crippen LogP contribution in [0.3, 0.4) is 0 Å². The van der Waals surface area contributed by atoms with Crippen molar-refractivity contribution in [2.45, 2.75) is 140 Å². The van der Waals surface area contributed by atoms with Crippen molar-refractivity contribution in [1.82, 2.24) is 52.5 Å². The highest BCUT2D eigenvalue weighted by molar-refractivity contribution is 5.98. The Morgan fingerprint density at radius 3 is 1.64 bits per heavy atom. The molecule has 3 aromatic rings. The van der Waals surface area contributed by atoms with Crippen LogP contribution in [0, 0.1) is 5.92 Å². The fourth-order valence-electron chi connectivity index (χ4n) is 7.25. The lowest BCUT2D eigenvalue weighted by Gasteiger charge is -2.28. The van der Waals surface area contributed by atoms with Crippen LogP contribution in [0.25, 0.3) is 0 Å². The van der Waals surface area contributed by atoms with Gasteiger partial charge in [-0.25, -0.2) is 9.78 Å². The average molecular weight is 1040 g/mol. The first kappa shape index (κ1) is 60.4. The number of aromatic nitrogens is 2. The normalized spacial score (nSPS) is 15.1. The molecule has 1 heterocycles. The molecule has 0 saturated heterocycles. The number of phenolic OH excluding ortho intramolecular Hbond substituents is 1. The summed E-state index contributed by atoms with van der Waals surface area (Å²) in [5.41, 5.74) is 13.6. The van der Waals surface area contributed by atoms with Gasteiger partial charge in [0, 0.05) is 31.2 Å². The van der Waals surface area contributed by atoms with E-state index in [1.54, 1.807) is 56.3 Å². The number of carbonyl (C=O) groups excluding carboxylic acids is 8. The van der Waals surface area contributed by atoms with Crippen molar-refractivity contribution in [2.75, 3.05) is 6.54 Å². The zero-order chi connectivity index (χ0) is 55.1. The summed E-state index contributed by atoms with van der Waals surface area (Å²) in [7, 11) is 0. The van der Waals surface area contributed by atoms with Gasteiger partial charge in [-0.3, -0.25) is 43.2 Å². The molecule has 0 fully saturated rings. The van der Waals surface area contributed by atoms with E-state index >= 15 is 0 Å². The SMILES string of the molecule is CC[C@H](C)[C@H](NC(=O)[C@H](CCCCN)NC(=O)[C@H](C)NC(=O)[C@H](Cc1ccc(O)cc1)NC(=O)[C@@H](N)Cc1cnc[nH]1)C(=O)N[C@@H](C)C(=O)N[C@@H](C)C(=O)N[C@@H](CC(=O)O)C(=O)N[C@@H](Cc1ccccc1)C(=O)O. The maximum Gasteiger partial charge on any atom is 0.326 e. The van der Waals surface area contributed by atoms with Gasteiger partial charge in [0.2, 0.25) is 47.3 Å². The van der Waals surface area contributed by atoms with E-state index in [1.165, 1.54) is 45.4 Å². The molecule has 0 saturated carbocycles. The van der Waals surface area contributed by atoms with Gasteiger partial charge in [0.1, 0.15) is 54.1 Å². The number of nitrogens with two attached hydrogens (primary N) is 2. The van der Waals surface area contributed by atoms with Gasteiger partial charge >= 0.3 is 11.9 Å². The summed E-state index contributed by atoms with van der Waals surface area (Å²) >= 11 is 0. The Morgan fingerprint density at radius 1 is 0.581 bits per heavy atom. The highest BCUT2D eigenvalue weighted by atomic mass is 16.4. The quantitative estimate of drug-likeness (QED) is 0.0314. The molecule has 8 amide bonds. The fraction of sp³-hybridized carbons (Fsp3) is 0.490. The van der Waals surface area contributed by atoms with Gasteiger partial charge in [-0.2, -0.15) is 0 Å². The summed E-state index contributed by atoms with van der Waals surface area (Å²) < 4.78 is 0. The number of unbranched alkanes of at least 4 members (excludes halogenated alkanes) is 1. The van der Waals surface area contributed by atoms with Gasteiger partial charge in [-0.05, 0) is 75.8 Å². The lowest BCUT2D eigenvalue weighted by Crippen LogP contribution is -2.60. The molecule has 0 bridgehead atoms. The zero-order valence-electron chi connectivity index (χ0n) is 42.0. The number of carboxylic acids is 2. The highest BCUT2D eigenvalue weighted by Crippen LogP contribution is 2.14. The Kier molecular flexibility index (Phi) is 24.6. The van der Waals surface area contributed by atoms with E-state index in [4.69, 9.17) is 11.5 Å². The van der Waals surface area contributed by atoms with Crippen molar-refractivity contribution in [3.63, 3.8) is 0 Å². The number of amides is 8. The first-order chi connectivity index (χ1) is 35.0. The third kappa shape index (κ3) is 20.3. The van der Waals surface area contributed by atoms with E-state index in [2.05, 4.69) is 52.5 Å². The molecule has 0 spiro atoms. The van der Waals surface area contributed by atoms with Crippen LogP contribution in [0.15, 0.2) is 67.1 Å². The number of imidazole rings is 1. The van der Waals surface area contributed by atoms with Crippen LogP contribution in [0.5, 0.6) is 5.75 Å². The van der Waals surface area contributed by atoms with Crippen molar-refractivity contribution < 1.29 is 63.3 Å². The van der Waals surface area contributed by atoms with E-state index in [0.717, 1.165) is 0 Å². The standard InChI is InChI=1S/C49H70N12O13/c1-6-26(2)40(48(72)56-27(3)41(65)54-28(4)43(67)58-37(23-39(63)64)47(71)60-38(49(73)74)21-30-12-8-7-9-13-30)61-45(69)35(14-10-11-19-50)57-42(66)29(5)55-46(70)36(20-31-15-17-33(62)18-16-31)59-44(68)34(51)22-32-24-52-25-53-32/h7-9,12-13,15-18,24-29,34-38,40,62H,6,10-11,14,19-23,50-51H2,1-5H3,(H,52,53)(H,54,65)(H,55,70)(H,56,72)(H,57,66)(H,58,67)(H,59,68)(H,60,71)(H,61,69)(H,63,64)(H,73,74)/t26-,27-,28-,29-,34-,35-,36-,37-,38-,40-/m0/s1. The molecule has 1 aromatic heterocycles. The number of carbonyl (C=O) groups is 10. The van der Waals surface area contributed by atoms with Crippen molar-refractivity contribution in [1.29, 1.82) is 0 Å². The Labute approximate surface area is 427 Å². The Morgan fingerprint density at radius 2 is 1.08 bits per heavy atom. The number of rotatable bonds is 31. The number of nitrogens with one attached hydrogen (secondary N) is 9. The average Bonchev–Trinajstić information content (AvgIpc) is 3.87. The van der Waals surface area contributed by atoms with E-state index in [-0.39, 0.29) is 38.0 Å². The summed E-state index contributed by atoms with van der Waals surface area (Å²) in [6, 6.07) is 2.24. The number of carboxylic acid groups (broad SMARTS) is 2. The van der Waals surface area contributed by atoms with Gasteiger partial charge in [-0.1, -0.05) is 62.7 Å². The fourth-order valence-corrected chi connectivity index (χ4v) is 7.25. The van der Waals surface area contributed by atoms with Crippen LogP contribution in [0.2, 0.25) is 0 Å². The number of nitrogens with zero attached hydrogens (tertiary/aromatic N) is 1. The van der Waals surface area contributed by atoms with Crippen molar-refractivity contribution in [3.05, 3.63) is 83.9 Å². The molecule has 0 aliphatic heterocycles. The molecule has 0 aliphatic rings. The molecule has 25 heteroatoms. The first-order valence-electron chi connectivity index (χ1n) is 24.2. The molecule has 0 radical (unpaired) electrons. The van der Waals surface area contributed by atoms with Crippen LogP contribution in [-0.4, -0.2) is 145 Å². The largest absolute Gasteiger partial charge is 0.508 e. The predicted octanol–water partition coefficient (Wildman–Crippen LogP) is -1.86. The van der Waals surface area contributed by atoms with E-state index in [0.29, 0.717) is 36.1 Å². The van der Waals surface area contributed by atoms with Crippen LogP contribution in [-0.2, 0) is 67.2 Å². The van der Waals surface area contributed by atoms with Gasteiger partial charge in [0.15, 0.2) is 0 Å². The summed E-state index contributed by atoms with van der Waals surface area (Å²) in [5.74, 6) is -10.2. The lowest BCUT2D eigenvalue weighted by atomic mass is 9.97. The van der Waals surface area contributed by atoms with Crippen LogP contribution in [0.1, 0.15) is 83.5 Å². The highest BCUT2D eigenvalue weighted by Gasteiger charge is 2.35. The number of hydrogen-bond acceptors (Lipinski definition) is 14. The Hall–Kier alpha value is -7.93. The predicted molar refractivity (Wildman–Crippen MR) is 267 cm³/mol. The molecular weight excluding hydrogens is 965 g/mol. The molecule has 2 aromatic carbocycles. The topological polar surface area (TPSA) is 408 Å². The van der Waals surface area contributed by atoms with Gasteiger partial charge in [-0.15, -0.1) is 0 Å². The van der Waals surface area contributed by atoms with E-state index in [9.17, 15) is 63.3 Å². The van der Waals surface area contributed by atoms with Gasteiger partial charge < -0.3 is 74.3 Å². The Bertz CT molecular complexity index is 2370. The summed E-state index contributed by atoms with van der Waals surface area (Å²) in [6.45, 7) is 7.60. The minimum absolute atomic E-state index is 0.0216. The van der Waals surface area contributed by atoms with Crippen molar-refractivity contribution in [3.8, 4) is 5.75 Å². The minimum Gasteiger partial charge on any atom is -0.508 e. The summed E-state index contributed by atoms with van der Waals surface area (Å²) in [4.78, 5) is 138. The molecule has 25 nitrogen and oxygen atoms in total. The molecule has 74 heavy (non-hydrogen) atoms. The number of phenols is 1. The molecule has 10 atom stereocenters. The monoisotopic (exact) mass is 1030 g/mol. The van der Waals surface area contributed by atoms with Crippen LogP contribution < -0.4 is 54.0 Å². The minimum atomic E-state index is -1.74. The smallest absolute Gasteiger partial charge is 0.326 e. The number of aromatic amines is 1. The van der Waals surface area contributed by atoms with Crippen LogP contribution in [0.4, 0.5) is 0 Å². The molecule has 0 aliphatic carbocycles. The van der Waals surface area contributed by atoms with E-state index in [1.807, 2.05) is 0 Å². The van der Waals surface area contributed by atoms with Crippen molar-refractivity contribution >= 4 is 59.2 Å². The number of aromatic hydroxyl groups is 1. The van der Waals surface area contributed by atoms with Gasteiger partial charge in [0.05, 0.1) is 18.8 Å². The molecule has 404 valence electrons. The molecular formula is C49H70N12O13. The summed E-state index contributed by atoms with van der Waals surface area (Å²) in [6.07, 6.45) is 3.17. The zero-order valence-corrected chi connectivity index (χ0v) is 42.0. The number of aliphatic carboxylic acids is 2. The second kappa shape index (κ2) is 30.2. The molecule has 3 rings (SSSR count). The number of H-pyrrole nitrogens is 1. The first-order valence-corrected chi connectivity index (χ1v) is 24.2. The second-order valence-electron chi connectivity index (χ2n) is 18.0. The van der Waals surface area contributed by atoms with Gasteiger partial charge in [0.25, 0.3) is 0 Å². The Balaban J connectivity index is 1.68. The maximum atomic E-state index is 14.0. The van der Waals surface area contributed by atoms with E-state index < -0.39 is 126 Å².